The summed E-state index contributed by atoms with van der Waals surface area (Å²) in [6.07, 6.45) is 5.34. The van der Waals surface area contributed by atoms with E-state index in [9.17, 15) is 14.7 Å². The zero-order chi connectivity index (χ0) is 21.4. The van der Waals surface area contributed by atoms with Gasteiger partial charge in [-0.05, 0) is 55.0 Å². The Bertz CT molecular complexity index is 982. The highest BCUT2D eigenvalue weighted by atomic mass is 16.3. The maximum absolute atomic E-state index is 12.9. The third kappa shape index (κ3) is 3.59. The van der Waals surface area contributed by atoms with Gasteiger partial charge < -0.3 is 20.2 Å². The van der Waals surface area contributed by atoms with Crippen molar-refractivity contribution in [3.05, 3.63) is 59.7 Å². The van der Waals surface area contributed by atoms with Gasteiger partial charge in [-0.1, -0.05) is 43.2 Å². The molecule has 3 aliphatic rings. The first-order valence-electron chi connectivity index (χ1n) is 11.3. The number of hydrogen-bond donors (Lipinski definition) is 2. The quantitative estimate of drug-likeness (QED) is 0.796. The molecule has 1 saturated heterocycles. The molecule has 31 heavy (non-hydrogen) atoms. The Morgan fingerprint density at radius 1 is 1.03 bits per heavy atom. The summed E-state index contributed by atoms with van der Waals surface area (Å²) in [5.74, 6) is 0.0935. The fourth-order valence-corrected chi connectivity index (χ4v) is 5.58. The van der Waals surface area contributed by atoms with Crippen molar-refractivity contribution in [1.29, 1.82) is 0 Å². The van der Waals surface area contributed by atoms with Gasteiger partial charge in [0.05, 0.1) is 18.1 Å². The SMILES string of the molecule is O=C(Cc1ccc(NC(=O)N2CCC(O)C23CCCC3)cc1)N1CCc2ccccc21. The molecule has 2 aromatic rings. The van der Waals surface area contributed by atoms with Gasteiger partial charge in [-0.2, -0.15) is 0 Å². The van der Waals surface area contributed by atoms with Gasteiger partial charge in [0.25, 0.3) is 0 Å². The molecular formula is C25H29N3O3. The molecule has 0 bridgehead atoms. The molecule has 162 valence electrons. The maximum Gasteiger partial charge on any atom is 0.322 e. The number of likely N-dealkylation sites (tertiary alicyclic amines) is 1. The summed E-state index contributed by atoms with van der Waals surface area (Å²) in [4.78, 5) is 29.4. The van der Waals surface area contributed by atoms with Crippen LogP contribution >= 0.6 is 0 Å². The van der Waals surface area contributed by atoms with Gasteiger partial charge in [0.2, 0.25) is 5.91 Å². The molecular weight excluding hydrogens is 390 g/mol. The van der Waals surface area contributed by atoms with E-state index < -0.39 is 6.10 Å². The van der Waals surface area contributed by atoms with Gasteiger partial charge in [-0.25, -0.2) is 4.79 Å². The lowest BCUT2D eigenvalue weighted by Crippen LogP contribution is -2.52. The second kappa shape index (κ2) is 8.00. The van der Waals surface area contributed by atoms with E-state index >= 15 is 0 Å². The Kier molecular flexibility index (Phi) is 5.18. The molecule has 5 rings (SSSR count). The number of urea groups is 1. The number of amides is 3. The van der Waals surface area contributed by atoms with Crippen molar-refractivity contribution in [3.8, 4) is 0 Å². The highest BCUT2D eigenvalue weighted by molar-refractivity contribution is 5.97. The van der Waals surface area contributed by atoms with Crippen LogP contribution in [0.4, 0.5) is 16.2 Å². The predicted octanol–water partition coefficient (Wildman–Crippen LogP) is 3.73. The lowest BCUT2D eigenvalue weighted by molar-refractivity contribution is -0.117. The van der Waals surface area contributed by atoms with Crippen LogP contribution in [0.2, 0.25) is 0 Å². The van der Waals surface area contributed by atoms with E-state index in [1.165, 1.54) is 5.56 Å². The number of carbonyl (C=O) groups excluding carboxylic acids is 2. The summed E-state index contributed by atoms with van der Waals surface area (Å²) < 4.78 is 0. The fourth-order valence-electron chi connectivity index (χ4n) is 5.58. The normalized spacial score (nSPS) is 21.5. The Hall–Kier alpha value is -2.86. The van der Waals surface area contributed by atoms with E-state index in [4.69, 9.17) is 0 Å². The van der Waals surface area contributed by atoms with Crippen LogP contribution in [0.3, 0.4) is 0 Å². The lowest BCUT2D eigenvalue weighted by atomic mass is 9.91. The van der Waals surface area contributed by atoms with E-state index in [0.29, 0.717) is 25.1 Å². The number of carbonyl (C=O) groups is 2. The summed E-state index contributed by atoms with van der Waals surface area (Å²) in [7, 11) is 0. The Morgan fingerprint density at radius 2 is 1.77 bits per heavy atom. The van der Waals surface area contributed by atoms with Crippen LogP contribution in [0.1, 0.15) is 43.2 Å². The zero-order valence-corrected chi connectivity index (χ0v) is 17.7. The lowest BCUT2D eigenvalue weighted by Gasteiger charge is -2.37. The first kappa shape index (κ1) is 20.1. The third-order valence-corrected chi connectivity index (χ3v) is 7.25. The topological polar surface area (TPSA) is 72.9 Å². The molecule has 0 radical (unpaired) electrons. The Morgan fingerprint density at radius 3 is 2.55 bits per heavy atom. The molecule has 6 heteroatoms. The van der Waals surface area contributed by atoms with Gasteiger partial charge in [0.1, 0.15) is 0 Å². The van der Waals surface area contributed by atoms with Gasteiger partial charge >= 0.3 is 6.03 Å². The van der Waals surface area contributed by atoms with Crippen LogP contribution in [0.25, 0.3) is 0 Å². The van der Waals surface area contributed by atoms with Crippen molar-refractivity contribution >= 4 is 23.3 Å². The van der Waals surface area contributed by atoms with Crippen LogP contribution in [0.15, 0.2) is 48.5 Å². The molecule has 0 aromatic heterocycles. The Labute approximate surface area is 182 Å². The molecule has 2 aliphatic heterocycles. The molecule has 1 aliphatic carbocycles. The smallest absolute Gasteiger partial charge is 0.322 e. The second-order valence-electron chi connectivity index (χ2n) is 8.99. The van der Waals surface area contributed by atoms with Gasteiger partial charge in [0, 0.05) is 24.5 Å². The van der Waals surface area contributed by atoms with Crippen molar-refractivity contribution < 1.29 is 14.7 Å². The number of hydrogen-bond acceptors (Lipinski definition) is 3. The molecule has 1 saturated carbocycles. The van der Waals surface area contributed by atoms with Crippen molar-refractivity contribution in [2.75, 3.05) is 23.3 Å². The number of benzene rings is 2. The molecule has 1 spiro atoms. The molecule has 1 unspecified atom stereocenters. The summed E-state index contributed by atoms with van der Waals surface area (Å²) in [6.45, 7) is 1.33. The second-order valence-corrected chi connectivity index (χ2v) is 8.99. The molecule has 2 heterocycles. The largest absolute Gasteiger partial charge is 0.391 e. The maximum atomic E-state index is 12.9. The number of aliphatic hydroxyl groups is 1. The fraction of sp³-hybridized carbons (Fsp3) is 0.440. The zero-order valence-electron chi connectivity index (χ0n) is 17.7. The minimum atomic E-state index is -0.426. The standard InChI is InChI=1S/C25H29N3O3/c29-22-12-16-28(25(22)13-3-4-14-25)24(31)26-20-9-7-18(8-10-20)17-23(30)27-15-11-19-5-1-2-6-21(19)27/h1-2,5-10,22,29H,3-4,11-17H2,(H,26,31). The molecule has 3 amide bonds. The number of aliphatic hydroxyl groups excluding tert-OH is 1. The third-order valence-electron chi connectivity index (χ3n) is 7.25. The summed E-state index contributed by atoms with van der Waals surface area (Å²) in [6, 6.07) is 15.4. The number of fused-ring (bicyclic) bond motifs is 1. The van der Waals surface area contributed by atoms with E-state index in [1.54, 1.807) is 0 Å². The highest BCUT2D eigenvalue weighted by Gasteiger charge is 2.51. The molecule has 2 N–H and O–H groups in total. The summed E-state index contributed by atoms with van der Waals surface area (Å²) >= 11 is 0. The summed E-state index contributed by atoms with van der Waals surface area (Å²) in [5, 5.41) is 13.5. The van der Waals surface area contributed by atoms with Gasteiger partial charge in [-0.15, -0.1) is 0 Å². The highest BCUT2D eigenvalue weighted by Crippen LogP contribution is 2.43. The number of anilines is 2. The van der Waals surface area contributed by atoms with Crippen molar-refractivity contribution in [2.24, 2.45) is 0 Å². The van der Waals surface area contributed by atoms with Crippen LogP contribution in [0, 0.1) is 0 Å². The van der Waals surface area contributed by atoms with E-state index in [1.807, 2.05) is 52.3 Å². The minimum Gasteiger partial charge on any atom is -0.391 e. The summed E-state index contributed by atoms with van der Waals surface area (Å²) in [5.41, 5.74) is 3.49. The van der Waals surface area contributed by atoms with E-state index in [0.717, 1.165) is 49.9 Å². The molecule has 1 atom stereocenters. The molecule has 2 aromatic carbocycles. The number of para-hydroxylation sites is 1. The van der Waals surface area contributed by atoms with Crippen LogP contribution < -0.4 is 10.2 Å². The van der Waals surface area contributed by atoms with Crippen molar-refractivity contribution in [3.63, 3.8) is 0 Å². The predicted molar refractivity (Wildman–Crippen MR) is 120 cm³/mol. The van der Waals surface area contributed by atoms with Crippen LogP contribution in [-0.4, -0.2) is 46.7 Å². The number of nitrogens with zero attached hydrogens (tertiary/aromatic N) is 2. The van der Waals surface area contributed by atoms with Crippen molar-refractivity contribution in [1.82, 2.24) is 4.90 Å². The molecule has 6 nitrogen and oxygen atoms in total. The van der Waals surface area contributed by atoms with E-state index in [2.05, 4.69) is 11.4 Å². The van der Waals surface area contributed by atoms with Gasteiger partial charge in [0.15, 0.2) is 0 Å². The Balaban J connectivity index is 1.22. The van der Waals surface area contributed by atoms with Crippen molar-refractivity contribution in [2.45, 2.75) is 56.6 Å². The first-order chi connectivity index (χ1) is 15.1. The molecule has 2 fully saturated rings. The number of rotatable bonds is 3. The van der Waals surface area contributed by atoms with Gasteiger partial charge in [-0.3, -0.25) is 4.79 Å². The number of nitrogens with one attached hydrogen (secondary N) is 1. The first-order valence-corrected chi connectivity index (χ1v) is 11.3. The monoisotopic (exact) mass is 419 g/mol. The average molecular weight is 420 g/mol. The minimum absolute atomic E-state index is 0.0935. The van der Waals surface area contributed by atoms with E-state index in [-0.39, 0.29) is 17.5 Å². The van der Waals surface area contributed by atoms with Crippen LogP contribution in [-0.2, 0) is 17.6 Å². The van der Waals surface area contributed by atoms with Crippen LogP contribution in [0.5, 0.6) is 0 Å². The average Bonchev–Trinajstić information content (AvgIpc) is 3.50.